The zero-order valence-corrected chi connectivity index (χ0v) is 13.4. The third-order valence-electron chi connectivity index (χ3n) is 6.06. The molecule has 3 nitrogen and oxygen atoms in total. The molecule has 1 N–H and O–H groups in total. The highest BCUT2D eigenvalue weighted by molar-refractivity contribution is 4.91. The van der Waals surface area contributed by atoms with Gasteiger partial charge in [-0.15, -0.1) is 0 Å². The van der Waals surface area contributed by atoms with Gasteiger partial charge in [0.1, 0.15) is 0 Å². The highest BCUT2D eigenvalue weighted by Gasteiger charge is 2.39. The zero-order valence-electron chi connectivity index (χ0n) is 13.4. The summed E-state index contributed by atoms with van der Waals surface area (Å²) in [5.74, 6) is 0.494. The molecule has 1 saturated carbocycles. The molecule has 2 heterocycles. The monoisotopic (exact) mass is 280 g/mol. The lowest BCUT2D eigenvalue weighted by atomic mass is 9.69. The summed E-state index contributed by atoms with van der Waals surface area (Å²) < 4.78 is 0. The van der Waals surface area contributed by atoms with Gasteiger partial charge < -0.3 is 10.0 Å². The Bertz CT molecular complexity index is 331. The maximum absolute atomic E-state index is 10.6. The second kappa shape index (κ2) is 5.94. The third-order valence-corrected chi connectivity index (χ3v) is 6.06. The second-order valence-corrected chi connectivity index (χ2v) is 8.03. The molecule has 3 heteroatoms. The van der Waals surface area contributed by atoms with E-state index in [-0.39, 0.29) is 11.5 Å². The summed E-state index contributed by atoms with van der Waals surface area (Å²) in [7, 11) is 0. The summed E-state index contributed by atoms with van der Waals surface area (Å²) >= 11 is 0. The van der Waals surface area contributed by atoms with Crippen molar-refractivity contribution in [2.45, 2.75) is 64.5 Å². The maximum atomic E-state index is 10.6. The van der Waals surface area contributed by atoms with Crippen LogP contribution in [0, 0.1) is 11.3 Å². The van der Waals surface area contributed by atoms with Crippen LogP contribution in [0.15, 0.2) is 0 Å². The van der Waals surface area contributed by atoms with Crippen LogP contribution in [0.2, 0.25) is 0 Å². The van der Waals surface area contributed by atoms with E-state index in [1.807, 2.05) is 0 Å². The molecule has 3 aliphatic rings. The fraction of sp³-hybridized carbons (Fsp3) is 1.00. The van der Waals surface area contributed by atoms with Gasteiger partial charge in [-0.25, -0.2) is 0 Å². The van der Waals surface area contributed by atoms with E-state index in [9.17, 15) is 5.11 Å². The summed E-state index contributed by atoms with van der Waals surface area (Å²) in [5, 5.41) is 10.6. The molecular weight excluding hydrogens is 248 g/mol. The van der Waals surface area contributed by atoms with E-state index in [4.69, 9.17) is 0 Å². The maximum Gasteiger partial charge on any atom is 0.0631 e. The molecule has 2 saturated heterocycles. The normalized spacial score (nSPS) is 39.5. The van der Waals surface area contributed by atoms with Gasteiger partial charge in [0.25, 0.3) is 0 Å². The molecule has 116 valence electrons. The van der Waals surface area contributed by atoms with Gasteiger partial charge >= 0.3 is 0 Å². The van der Waals surface area contributed by atoms with Crippen molar-refractivity contribution < 1.29 is 5.11 Å². The van der Waals surface area contributed by atoms with Gasteiger partial charge in [-0.1, -0.05) is 26.7 Å². The number of aliphatic hydroxyl groups excluding tert-OH is 1. The Balaban J connectivity index is 1.55. The first-order valence-corrected chi connectivity index (χ1v) is 8.71. The SMILES string of the molecule is CC1(C)CCCC(CN2CCN3CCCCC3C2)C1O. The molecular formula is C17H32N2O. The van der Waals surface area contributed by atoms with E-state index in [2.05, 4.69) is 23.6 Å². The van der Waals surface area contributed by atoms with Crippen LogP contribution < -0.4 is 0 Å². The van der Waals surface area contributed by atoms with Crippen molar-refractivity contribution in [1.29, 1.82) is 0 Å². The van der Waals surface area contributed by atoms with E-state index in [0.29, 0.717) is 5.92 Å². The predicted octanol–water partition coefficient (Wildman–Crippen LogP) is 2.34. The lowest BCUT2D eigenvalue weighted by Crippen LogP contribution is -2.56. The standard InChI is InChI=1S/C17H32N2O/c1-17(2)8-5-6-14(16(17)20)12-18-10-11-19-9-4-3-7-15(19)13-18/h14-16,20H,3-13H2,1-2H3. The minimum absolute atomic E-state index is 0.111. The van der Waals surface area contributed by atoms with Crippen LogP contribution in [0.3, 0.4) is 0 Å². The van der Waals surface area contributed by atoms with Gasteiger partial charge in [-0.2, -0.15) is 0 Å². The van der Waals surface area contributed by atoms with Gasteiger partial charge in [0.05, 0.1) is 6.10 Å². The Morgan fingerprint density at radius 3 is 2.75 bits per heavy atom. The van der Waals surface area contributed by atoms with Crippen LogP contribution >= 0.6 is 0 Å². The van der Waals surface area contributed by atoms with Crippen LogP contribution in [0.4, 0.5) is 0 Å². The molecule has 3 unspecified atom stereocenters. The minimum Gasteiger partial charge on any atom is -0.392 e. The number of nitrogens with zero attached hydrogens (tertiary/aromatic N) is 2. The molecule has 3 fully saturated rings. The summed E-state index contributed by atoms with van der Waals surface area (Å²) in [4.78, 5) is 5.34. The summed E-state index contributed by atoms with van der Waals surface area (Å²) in [5.41, 5.74) is 0.121. The van der Waals surface area contributed by atoms with Crippen molar-refractivity contribution >= 4 is 0 Å². The van der Waals surface area contributed by atoms with Crippen molar-refractivity contribution in [3.05, 3.63) is 0 Å². The van der Waals surface area contributed by atoms with Crippen molar-refractivity contribution in [1.82, 2.24) is 9.80 Å². The number of hydrogen-bond donors (Lipinski definition) is 1. The van der Waals surface area contributed by atoms with Crippen LogP contribution in [0.5, 0.6) is 0 Å². The molecule has 3 rings (SSSR count). The van der Waals surface area contributed by atoms with E-state index in [1.165, 1.54) is 64.7 Å². The van der Waals surface area contributed by atoms with Crippen molar-refractivity contribution in [2.75, 3.05) is 32.7 Å². The Hall–Kier alpha value is -0.120. The van der Waals surface area contributed by atoms with Crippen LogP contribution in [0.1, 0.15) is 52.4 Å². The molecule has 0 radical (unpaired) electrons. The molecule has 0 aromatic heterocycles. The fourth-order valence-electron chi connectivity index (χ4n) is 4.67. The highest BCUT2D eigenvalue weighted by atomic mass is 16.3. The second-order valence-electron chi connectivity index (χ2n) is 8.03. The van der Waals surface area contributed by atoms with Gasteiger partial charge in [-0.05, 0) is 43.6 Å². The van der Waals surface area contributed by atoms with E-state index >= 15 is 0 Å². The lowest BCUT2D eigenvalue weighted by Gasteiger charge is -2.47. The van der Waals surface area contributed by atoms with Crippen molar-refractivity contribution in [3.63, 3.8) is 0 Å². The fourth-order valence-corrected chi connectivity index (χ4v) is 4.67. The molecule has 3 atom stereocenters. The molecule has 20 heavy (non-hydrogen) atoms. The van der Waals surface area contributed by atoms with E-state index in [1.54, 1.807) is 0 Å². The van der Waals surface area contributed by atoms with Gasteiger partial charge in [0, 0.05) is 32.2 Å². The number of rotatable bonds is 2. The van der Waals surface area contributed by atoms with E-state index < -0.39 is 0 Å². The number of hydrogen-bond acceptors (Lipinski definition) is 3. The van der Waals surface area contributed by atoms with E-state index in [0.717, 1.165) is 12.6 Å². The van der Waals surface area contributed by atoms with Crippen LogP contribution in [0.25, 0.3) is 0 Å². The van der Waals surface area contributed by atoms with Gasteiger partial charge in [0.15, 0.2) is 0 Å². The smallest absolute Gasteiger partial charge is 0.0631 e. The van der Waals surface area contributed by atoms with Crippen LogP contribution in [-0.4, -0.2) is 59.8 Å². The Morgan fingerprint density at radius 1 is 1.05 bits per heavy atom. The first-order chi connectivity index (χ1) is 9.56. The minimum atomic E-state index is -0.111. The molecule has 1 aliphatic carbocycles. The highest BCUT2D eigenvalue weighted by Crippen LogP contribution is 2.39. The van der Waals surface area contributed by atoms with Crippen molar-refractivity contribution in [3.8, 4) is 0 Å². The zero-order chi connectivity index (χ0) is 14.2. The molecule has 0 amide bonds. The summed E-state index contributed by atoms with van der Waals surface area (Å²) in [6.45, 7) is 10.6. The molecule has 0 spiro atoms. The topological polar surface area (TPSA) is 26.7 Å². The Morgan fingerprint density at radius 2 is 1.90 bits per heavy atom. The molecule has 0 bridgehead atoms. The first-order valence-electron chi connectivity index (χ1n) is 8.71. The molecule has 0 aromatic carbocycles. The lowest BCUT2D eigenvalue weighted by molar-refractivity contribution is -0.0520. The van der Waals surface area contributed by atoms with Crippen molar-refractivity contribution in [2.24, 2.45) is 11.3 Å². The number of aliphatic hydroxyl groups is 1. The number of piperazine rings is 1. The largest absolute Gasteiger partial charge is 0.392 e. The number of piperidine rings is 1. The van der Waals surface area contributed by atoms with Crippen LogP contribution in [-0.2, 0) is 0 Å². The Labute approximate surface area is 124 Å². The average Bonchev–Trinajstić information content (AvgIpc) is 2.44. The Kier molecular flexibility index (Phi) is 4.40. The van der Waals surface area contributed by atoms with Gasteiger partial charge in [-0.3, -0.25) is 4.90 Å². The average molecular weight is 280 g/mol. The molecule has 2 aliphatic heterocycles. The quantitative estimate of drug-likeness (QED) is 0.841. The predicted molar refractivity (Wildman–Crippen MR) is 82.8 cm³/mol. The summed E-state index contributed by atoms with van der Waals surface area (Å²) in [6, 6.07) is 0.797. The van der Waals surface area contributed by atoms with Gasteiger partial charge in [0.2, 0.25) is 0 Å². The third kappa shape index (κ3) is 3.05. The molecule has 0 aromatic rings. The number of fused-ring (bicyclic) bond motifs is 1. The summed E-state index contributed by atoms with van der Waals surface area (Å²) in [6.07, 6.45) is 7.77. The first kappa shape index (κ1) is 14.8.